The van der Waals surface area contributed by atoms with Crippen molar-refractivity contribution in [2.45, 2.75) is 12.8 Å². The van der Waals surface area contributed by atoms with Crippen molar-refractivity contribution >= 4 is 11.9 Å². The Kier molecular flexibility index (Phi) is 3.11. The molecule has 0 aliphatic heterocycles. The molecule has 0 aliphatic carbocycles. The molecular formula is C6H14N12. The van der Waals surface area contributed by atoms with Crippen LogP contribution >= 0.6 is 0 Å². The van der Waals surface area contributed by atoms with E-state index in [0.717, 1.165) is 0 Å². The summed E-state index contributed by atoms with van der Waals surface area (Å²) in [5.74, 6) is 23.4. The quantitative estimate of drug-likeness (QED) is 0.232. The first kappa shape index (κ1) is 11.9. The Labute approximate surface area is 101 Å². The van der Waals surface area contributed by atoms with Gasteiger partial charge in [-0.2, -0.15) is 0 Å². The topological polar surface area (TPSA) is 190 Å². The number of nitrogen functional groups attached to an aromatic ring is 4. The van der Waals surface area contributed by atoms with Gasteiger partial charge in [-0.15, -0.1) is 20.4 Å². The third-order valence-corrected chi connectivity index (χ3v) is 2.36. The molecule has 0 saturated carbocycles. The van der Waals surface area contributed by atoms with Crippen LogP contribution in [0.25, 0.3) is 0 Å². The first-order valence-electron chi connectivity index (χ1n) is 4.99. The van der Waals surface area contributed by atoms with Gasteiger partial charge in [0.25, 0.3) is 11.9 Å². The number of rotatable bonds is 5. The average molecular weight is 254 g/mol. The molecule has 12 heteroatoms. The molecule has 2 heterocycles. The molecule has 2 aromatic rings. The SMILES string of the molecule is NNc1nnc(CCc2nnc(NN)n2N)n1N. The van der Waals surface area contributed by atoms with Gasteiger partial charge in [0.15, 0.2) is 11.6 Å². The van der Waals surface area contributed by atoms with Gasteiger partial charge in [-0.05, 0) is 0 Å². The smallest absolute Gasteiger partial charge is 0.257 e. The van der Waals surface area contributed by atoms with Crippen molar-refractivity contribution in [1.29, 1.82) is 0 Å². The van der Waals surface area contributed by atoms with E-state index in [9.17, 15) is 0 Å². The molecule has 0 amide bonds. The molecule has 2 aromatic heterocycles. The molecule has 0 aromatic carbocycles. The van der Waals surface area contributed by atoms with Crippen LogP contribution in [0.3, 0.4) is 0 Å². The highest BCUT2D eigenvalue weighted by Crippen LogP contribution is 2.07. The molecule has 98 valence electrons. The normalized spacial score (nSPS) is 10.6. The van der Waals surface area contributed by atoms with Crippen molar-refractivity contribution < 1.29 is 0 Å². The van der Waals surface area contributed by atoms with Crippen molar-refractivity contribution in [3.8, 4) is 0 Å². The van der Waals surface area contributed by atoms with Gasteiger partial charge in [0.1, 0.15) is 0 Å². The van der Waals surface area contributed by atoms with Crippen molar-refractivity contribution in [2.75, 3.05) is 22.5 Å². The molecule has 2 rings (SSSR count). The number of nitrogens with two attached hydrogens (primary N) is 4. The van der Waals surface area contributed by atoms with E-state index in [2.05, 4.69) is 31.2 Å². The highest BCUT2D eigenvalue weighted by molar-refractivity contribution is 5.25. The summed E-state index contributed by atoms with van der Waals surface area (Å²) in [6.07, 6.45) is 0.955. The number of hydrogen-bond acceptors (Lipinski definition) is 10. The van der Waals surface area contributed by atoms with Gasteiger partial charge in [-0.1, -0.05) is 0 Å². The third kappa shape index (κ3) is 1.96. The molecular weight excluding hydrogens is 240 g/mol. The van der Waals surface area contributed by atoms with Crippen LogP contribution in [0, 0.1) is 0 Å². The lowest BCUT2D eigenvalue weighted by molar-refractivity contribution is 0.746. The summed E-state index contributed by atoms with van der Waals surface area (Å²) in [5.41, 5.74) is 4.64. The lowest BCUT2D eigenvalue weighted by Gasteiger charge is -2.03. The predicted molar refractivity (Wildman–Crippen MR) is 63.4 cm³/mol. The summed E-state index contributed by atoms with van der Waals surface area (Å²) >= 11 is 0. The first-order chi connectivity index (χ1) is 8.67. The fourth-order valence-electron chi connectivity index (χ4n) is 1.41. The maximum atomic E-state index is 5.69. The number of aromatic nitrogens is 6. The Bertz CT molecular complexity index is 476. The maximum Gasteiger partial charge on any atom is 0.257 e. The summed E-state index contributed by atoms with van der Waals surface area (Å²) in [4.78, 5) is 0. The van der Waals surface area contributed by atoms with E-state index in [-0.39, 0.29) is 11.9 Å². The van der Waals surface area contributed by atoms with Gasteiger partial charge in [-0.25, -0.2) is 21.0 Å². The lowest BCUT2D eigenvalue weighted by atomic mass is 10.3. The number of anilines is 2. The molecule has 0 saturated heterocycles. The fourth-order valence-corrected chi connectivity index (χ4v) is 1.41. The first-order valence-corrected chi connectivity index (χ1v) is 4.99. The second-order valence-corrected chi connectivity index (χ2v) is 3.41. The molecule has 0 atom stereocenters. The monoisotopic (exact) mass is 254 g/mol. The van der Waals surface area contributed by atoms with Gasteiger partial charge in [0.05, 0.1) is 0 Å². The zero-order valence-electron chi connectivity index (χ0n) is 9.41. The van der Waals surface area contributed by atoms with E-state index in [1.165, 1.54) is 9.35 Å². The Balaban J connectivity index is 2.06. The fraction of sp³-hybridized carbons (Fsp3) is 0.333. The van der Waals surface area contributed by atoms with E-state index >= 15 is 0 Å². The summed E-state index contributed by atoms with van der Waals surface area (Å²) in [6.45, 7) is 0. The minimum Gasteiger partial charge on any atom is -0.335 e. The van der Waals surface area contributed by atoms with E-state index in [1.54, 1.807) is 0 Å². The molecule has 0 aliphatic rings. The maximum absolute atomic E-state index is 5.69. The summed E-state index contributed by atoms with van der Waals surface area (Å²) in [5, 5.41) is 15.2. The molecule has 0 fully saturated rings. The number of aryl methyl sites for hydroxylation is 2. The van der Waals surface area contributed by atoms with Crippen molar-refractivity contribution in [1.82, 2.24) is 29.7 Å². The molecule has 0 unspecified atom stereocenters. The van der Waals surface area contributed by atoms with Crippen LogP contribution in [-0.2, 0) is 12.8 Å². The van der Waals surface area contributed by atoms with Gasteiger partial charge in [0.2, 0.25) is 0 Å². The third-order valence-electron chi connectivity index (χ3n) is 2.36. The van der Waals surface area contributed by atoms with Gasteiger partial charge >= 0.3 is 0 Å². The van der Waals surface area contributed by atoms with E-state index in [0.29, 0.717) is 24.5 Å². The van der Waals surface area contributed by atoms with Crippen LogP contribution in [0.1, 0.15) is 11.6 Å². The largest absolute Gasteiger partial charge is 0.335 e. The van der Waals surface area contributed by atoms with E-state index < -0.39 is 0 Å². The minimum atomic E-state index is 0.267. The predicted octanol–water partition coefficient (Wildman–Crippen LogP) is -3.35. The van der Waals surface area contributed by atoms with E-state index in [4.69, 9.17) is 23.4 Å². The summed E-state index contributed by atoms with van der Waals surface area (Å²) in [7, 11) is 0. The summed E-state index contributed by atoms with van der Waals surface area (Å²) in [6, 6.07) is 0. The molecule has 12 nitrogen and oxygen atoms in total. The van der Waals surface area contributed by atoms with Crippen LogP contribution in [-0.4, -0.2) is 29.7 Å². The summed E-state index contributed by atoms with van der Waals surface area (Å²) < 4.78 is 2.50. The average Bonchev–Trinajstić information content (AvgIpc) is 2.90. The Morgan fingerprint density at radius 1 is 0.778 bits per heavy atom. The van der Waals surface area contributed by atoms with Crippen LogP contribution in [0.5, 0.6) is 0 Å². The number of nitrogens with one attached hydrogen (secondary N) is 2. The number of hydrazine groups is 2. The van der Waals surface area contributed by atoms with E-state index in [1.807, 2.05) is 0 Å². The van der Waals surface area contributed by atoms with Crippen LogP contribution in [0.2, 0.25) is 0 Å². The zero-order chi connectivity index (χ0) is 13.1. The molecule has 18 heavy (non-hydrogen) atoms. The highest BCUT2D eigenvalue weighted by atomic mass is 15.5. The standard InChI is InChI=1S/C6H14N12/c7-11-5-15-13-3(17(5)9)1-2-4-14-16-6(12-8)18(4)10/h1-2,7-10H2,(H,11,15)(H,12,16). The van der Waals surface area contributed by atoms with Gasteiger partial charge < -0.3 is 11.7 Å². The molecule has 0 spiro atoms. The lowest BCUT2D eigenvalue weighted by Crippen LogP contribution is -2.22. The second kappa shape index (κ2) is 4.72. The highest BCUT2D eigenvalue weighted by Gasteiger charge is 2.12. The minimum absolute atomic E-state index is 0.267. The van der Waals surface area contributed by atoms with Crippen molar-refractivity contribution in [2.24, 2.45) is 11.7 Å². The molecule has 10 N–H and O–H groups in total. The Morgan fingerprint density at radius 2 is 1.17 bits per heavy atom. The number of hydrogen-bond donors (Lipinski definition) is 6. The van der Waals surface area contributed by atoms with Crippen LogP contribution in [0.4, 0.5) is 11.9 Å². The molecule has 0 bridgehead atoms. The van der Waals surface area contributed by atoms with Crippen LogP contribution in [0.15, 0.2) is 0 Å². The Morgan fingerprint density at radius 3 is 1.44 bits per heavy atom. The zero-order valence-corrected chi connectivity index (χ0v) is 9.41. The van der Waals surface area contributed by atoms with Crippen molar-refractivity contribution in [3.63, 3.8) is 0 Å². The second-order valence-electron chi connectivity index (χ2n) is 3.41. The molecule has 0 radical (unpaired) electrons. The Hall–Kier alpha value is -2.60. The van der Waals surface area contributed by atoms with Gasteiger partial charge in [-0.3, -0.25) is 10.9 Å². The van der Waals surface area contributed by atoms with Crippen LogP contribution < -0.4 is 34.2 Å². The van der Waals surface area contributed by atoms with Gasteiger partial charge in [0, 0.05) is 12.8 Å². The van der Waals surface area contributed by atoms with Crippen molar-refractivity contribution in [3.05, 3.63) is 11.6 Å². The number of nitrogens with zero attached hydrogens (tertiary/aromatic N) is 6.